The van der Waals surface area contributed by atoms with Crippen molar-refractivity contribution in [3.8, 4) is 0 Å². The molecule has 1 saturated heterocycles. The molecular weight excluding hydrogens is 707 g/mol. The predicted octanol–water partition coefficient (Wildman–Crippen LogP) is 7.78. The summed E-state index contributed by atoms with van der Waals surface area (Å²) in [5.74, 6) is 0.885. The topological polar surface area (TPSA) is 163 Å². The van der Waals surface area contributed by atoms with E-state index in [1.54, 1.807) is 0 Å². The van der Waals surface area contributed by atoms with E-state index in [-0.39, 0.29) is 24.4 Å². The number of aliphatic hydroxyl groups is 3. The standard InChI is InChI=1S/C44H71N7O5/c1-8-12-14-30(10-3)28-55-39(53)33-18-24-36(25-19-33)46-42-48-41(45-35-22-16-32(17-23-35)38(52)51-44(5,6)7)49-43(50-42)47-37-26-20-34(21-27-37)40(54)56-29-31(11-4)15-13-9-2/h16-27,30-31,38-43,45-54H,8-15,28-29H2,1-7H3. The lowest BCUT2D eigenvalue weighted by Gasteiger charge is -2.40. The molecule has 0 aliphatic carbocycles. The fourth-order valence-corrected chi connectivity index (χ4v) is 6.58. The highest BCUT2D eigenvalue weighted by atomic mass is 16.6. The second-order valence-corrected chi connectivity index (χ2v) is 16.1. The van der Waals surface area contributed by atoms with Gasteiger partial charge in [0.05, 0.1) is 13.2 Å². The zero-order valence-electron chi connectivity index (χ0n) is 34.8. The van der Waals surface area contributed by atoms with Gasteiger partial charge in [0.25, 0.3) is 0 Å². The largest absolute Gasteiger partial charge is 0.374 e. The molecule has 312 valence electrons. The summed E-state index contributed by atoms with van der Waals surface area (Å²) in [4.78, 5) is 0. The summed E-state index contributed by atoms with van der Waals surface area (Å²) in [7, 11) is 0. The van der Waals surface area contributed by atoms with Crippen molar-refractivity contribution in [2.45, 2.75) is 143 Å². The summed E-state index contributed by atoms with van der Waals surface area (Å²) in [5.41, 5.74) is 4.51. The Morgan fingerprint density at radius 2 is 0.893 bits per heavy atom. The van der Waals surface area contributed by atoms with Crippen molar-refractivity contribution >= 4 is 17.1 Å². The Morgan fingerprint density at radius 3 is 1.20 bits per heavy atom. The molecule has 0 aromatic heterocycles. The van der Waals surface area contributed by atoms with Gasteiger partial charge in [-0.15, -0.1) is 0 Å². The van der Waals surface area contributed by atoms with Gasteiger partial charge in [-0.05, 0) is 87.4 Å². The van der Waals surface area contributed by atoms with E-state index < -0.39 is 18.8 Å². The van der Waals surface area contributed by atoms with Crippen molar-refractivity contribution < 1.29 is 24.8 Å². The number of nitrogens with one attached hydrogen (secondary N) is 7. The monoisotopic (exact) mass is 778 g/mol. The number of benzene rings is 3. The molecule has 7 unspecified atom stereocenters. The zero-order chi connectivity index (χ0) is 40.5. The zero-order valence-corrected chi connectivity index (χ0v) is 34.8. The minimum Gasteiger partial charge on any atom is -0.374 e. The third-order valence-corrected chi connectivity index (χ3v) is 10.2. The molecule has 0 spiro atoms. The first-order chi connectivity index (χ1) is 26.9. The van der Waals surface area contributed by atoms with Gasteiger partial charge in [0.1, 0.15) is 25.1 Å². The van der Waals surface area contributed by atoms with Crippen LogP contribution in [0.5, 0.6) is 0 Å². The van der Waals surface area contributed by atoms with Crippen molar-refractivity contribution in [2.24, 2.45) is 11.8 Å². The lowest BCUT2D eigenvalue weighted by atomic mass is 10.0. The van der Waals surface area contributed by atoms with Crippen LogP contribution in [0.3, 0.4) is 0 Å². The smallest absolute Gasteiger partial charge is 0.181 e. The maximum Gasteiger partial charge on any atom is 0.181 e. The fraction of sp³-hybridized carbons (Fsp3) is 0.591. The first-order valence-corrected chi connectivity index (χ1v) is 20.8. The van der Waals surface area contributed by atoms with Crippen LogP contribution in [0.25, 0.3) is 0 Å². The number of anilines is 3. The van der Waals surface area contributed by atoms with Crippen molar-refractivity contribution in [2.75, 3.05) is 29.2 Å². The Balaban J connectivity index is 1.41. The quantitative estimate of drug-likeness (QED) is 0.0403. The number of rotatable bonds is 24. The molecule has 1 aliphatic rings. The van der Waals surface area contributed by atoms with Gasteiger partial charge >= 0.3 is 0 Å². The van der Waals surface area contributed by atoms with Crippen LogP contribution in [0, 0.1) is 11.8 Å². The van der Waals surface area contributed by atoms with E-state index >= 15 is 0 Å². The van der Waals surface area contributed by atoms with Crippen LogP contribution >= 0.6 is 0 Å². The van der Waals surface area contributed by atoms with Gasteiger partial charge in [0.15, 0.2) is 12.6 Å². The third-order valence-electron chi connectivity index (χ3n) is 10.2. The fourth-order valence-electron chi connectivity index (χ4n) is 6.58. The van der Waals surface area contributed by atoms with Gasteiger partial charge in [0, 0.05) is 33.7 Å². The molecule has 0 amide bonds. The van der Waals surface area contributed by atoms with E-state index in [1.165, 1.54) is 12.8 Å². The average molecular weight is 778 g/mol. The molecule has 10 N–H and O–H groups in total. The molecule has 1 fully saturated rings. The normalized spacial score (nSPS) is 20.1. The summed E-state index contributed by atoms with van der Waals surface area (Å²) in [6.45, 7) is 15.9. The van der Waals surface area contributed by atoms with Gasteiger partial charge in [0.2, 0.25) is 0 Å². The second-order valence-electron chi connectivity index (χ2n) is 16.1. The Kier molecular flexibility index (Phi) is 18.8. The number of ether oxygens (including phenoxy) is 2. The second kappa shape index (κ2) is 23.2. The summed E-state index contributed by atoms with van der Waals surface area (Å²) < 4.78 is 11.7. The van der Waals surface area contributed by atoms with E-state index in [1.807, 2.05) is 93.6 Å². The SMILES string of the molecule is CCCCC(CC)COC(O)c1ccc(NC2NC(Nc3ccc(C(O)NC(C)(C)C)cc3)NC(Nc3ccc(C(O)OCC(CC)CCCC)cc3)N2)cc1. The highest BCUT2D eigenvalue weighted by Gasteiger charge is 2.27. The molecular formula is C44H71N7O5. The molecule has 0 radical (unpaired) electrons. The summed E-state index contributed by atoms with van der Waals surface area (Å²) in [5, 5.41) is 56.5. The van der Waals surface area contributed by atoms with Crippen LogP contribution in [0.2, 0.25) is 0 Å². The van der Waals surface area contributed by atoms with Crippen LogP contribution in [0.4, 0.5) is 17.1 Å². The molecule has 1 aliphatic heterocycles. The van der Waals surface area contributed by atoms with E-state index in [0.29, 0.717) is 36.2 Å². The first kappa shape index (κ1) is 45.4. The van der Waals surface area contributed by atoms with E-state index in [4.69, 9.17) is 9.47 Å². The molecule has 3 aromatic rings. The predicted molar refractivity (Wildman–Crippen MR) is 227 cm³/mol. The van der Waals surface area contributed by atoms with Crippen molar-refractivity contribution in [1.29, 1.82) is 0 Å². The van der Waals surface area contributed by atoms with Gasteiger partial charge in [-0.3, -0.25) is 21.3 Å². The molecule has 0 bridgehead atoms. The van der Waals surface area contributed by atoms with Crippen molar-refractivity contribution in [3.05, 3.63) is 89.5 Å². The Morgan fingerprint density at radius 1 is 0.554 bits per heavy atom. The van der Waals surface area contributed by atoms with Crippen LogP contribution in [0.1, 0.15) is 135 Å². The molecule has 1 heterocycles. The van der Waals surface area contributed by atoms with Crippen molar-refractivity contribution in [1.82, 2.24) is 21.3 Å². The Labute approximate surface area is 335 Å². The number of hydrogen-bond acceptors (Lipinski definition) is 12. The molecule has 12 heteroatoms. The van der Waals surface area contributed by atoms with Gasteiger partial charge in [-0.25, -0.2) is 0 Å². The lowest BCUT2D eigenvalue weighted by molar-refractivity contribution is -0.114. The summed E-state index contributed by atoms with van der Waals surface area (Å²) in [6.07, 6.45) is 5.04. The summed E-state index contributed by atoms with van der Waals surface area (Å²) in [6, 6.07) is 22.9. The number of unbranched alkanes of at least 4 members (excludes halogenated alkanes) is 2. The van der Waals surface area contributed by atoms with E-state index in [0.717, 1.165) is 61.2 Å². The molecule has 4 rings (SSSR count). The maximum atomic E-state index is 10.8. The van der Waals surface area contributed by atoms with Gasteiger partial charge < -0.3 is 40.7 Å². The number of hydrogen-bond donors (Lipinski definition) is 10. The van der Waals surface area contributed by atoms with Crippen molar-refractivity contribution in [3.63, 3.8) is 0 Å². The average Bonchev–Trinajstić information content (AvgIpc) is 3.18. The van der Waals surface area contributed by atoms with Gasteiger partial charge in [-0.2, -0.15) is 0 Å². The molecule has 56 heavy (non-hydrogen) atoms. The lowest BCUT2D eigenvalue weighted by Crippen LogP contribution is -2.73. The molecule has 7 atom stereocenters. The number of aliphatic hydroxyl groups excluding tert-OH is 3. The highest BCUT2D eigenvalue weighted by molar-refractivity contribution is 5.49. The van der Waals surface area contributed by atoms with E-state index in [2.05, 4.69) is 64.9 Å². The van der Waals surface area contributed by atoms with E-state index in [9.17, 15) is 15.3 Å². The maximum absolute atomic E-state index is 10.8. The van der Waals surface area contributed by atoms with Crippen LogP contribution in [-0.2, 0) is 9.47 Å². The van der Waals surface area contributed by atoms with Crippen LogP contribution < -0.4 is 37.2 Å². The minimum absolute atomic E-state index is 0.233. The Hall–Kier alpha value is -3.30. The minimum atomic E-state index is -0.980. The highest BCUT2D eigenvalue weighted by Crippen LogP contribution is 2.24. The van der Waals surface area contributed by atoms with Crippen LogP contribution in [-0.4, -0.2) is 52.9 Å². The first-order valence-electron chi connectivity index (χ1n) is 20.8. The Bertz CT molecular complexity index is 1430. The molecule has 3 aromatic carbocycles. The van der Waals surface area contributed by atoms with Gasteiger partial charge in [-0.1, -0.05) is 103 Å². The molecule has 0 saturated carbocycles. The summed E-state index contributed by atoms with van der Waals surface area (Å²) >= 11 is 0. The molecule has 12 nitrogen and oxygen atoms in total. The van der Waals surface area contributed by atoms with Crippen LogP contribution in [0.15, 0.2) is 72.8 Å². The third kappa shape index (κ3) is 15.6.